The molecule has 0 radical (unpaired) electrons. The van der Waals surface area contributed by atoms with E-state index in [1.54, 1.807) is 19.4 Å². The number of aliphatic hydroxyl groups is 1. The highest BCUT2D eigenvalue weighted by Crippen LogP contribution is 2.37. The third-order valence-corrected chi connectivity index (χ3v) is 14.5. The predicted molar refractivity (Wildman–Crippen MR) is 259 cm³/mol. The second-order valence-electron chi connectivity index (χ2n) is 18.6. The largest absolute Gasteiger partial charge is 0.495 e. The molecule has 0 spiro atoms. The van der Waals surface area contributed by atoms with Gasteiger partial charge in [-0.25, -0.2) is 9.37 Å². The maximum Gasteiger partial charge on any atom is 0.253 e. The van der Waals surface area contributed by atoms with Crippen LogP contribution in [0.4, 0.5) is 21.5 Å². The van der Waals surface area contributed by atoms with Gasteiger partial charge >= 0.3 is 0 Å². The zero-order valence-electron chi connectivity index (χ0n) is 39.2. The number of fused-ring (bicyclic) bond motifs is 1. The molecule has 0 bridgehead atoms. The van der Waals surface area contributed by atoms with Crippen molar-refractivity contribution in [1.29, 1.82) is 0 Å². The smallest absolute Gasteiger partial charge is 0.253 e. The number of ether oxygens (including phenoxy) is 1. The van der Waals surface area contributed by atoms with Crippen LogP contribution in [0.5, 0.6) is 5.75 Å². The van der Waals surface area contributed by atoms with Crippen LogP contribution in [-0.2, 0) is 16.6 Å². The molecule has 15 nitrogen and oxygen atoms in total. The number of rotatable bonds is 12. The number of aryl methyl sites for hydroxylation is 2. The molecule has 354 valence electrons. The fourth-order valence-electron chi connectivity index (χ4n) is 10.6. The number of hydrogen-bond donors (Lipinski definition) is 4. The minimum absolute atomic E-state index is 0.0575. The average Bonchev–Trinajstić information content (AvgIpc) is 3.68. The number of methoxy groups -OCH3 is 1. The van der Waals surface area contributed by atoms with Crippen molar-refractivity contribution in [2.24, 2.45) is 13.0 Å². The lowest BCUT2D eigenvalue weighted by atomic mass is 9.92. The van der Waals surface area contributed by atoms with E-state index in [1.807, 2.05) is 73.4 Å². The first-order chi connectivity index (χ1) is 32.4. The van der Waals surface area contributed by atoms with Gasteiger partial charge in [0.25, 0.3) is 5.91 Å². The number of nitrogens with one attached hydrogen (secondary N) is 3. The molecular weight excluding hydrogens is 852 g/mol. The number of benzene rings is 2. The number of halogens is 1. The normalized spacial score (nSPS) is 21.6. The van der Waals surface area contributed by atoms with Crippen LogP contribution < -0.4 is 30.5 Å². The molecule has 5 aliphatic heterocycles. The van der Waals surface area contributed by atoms with E-state index in [1.165, 1.54) is 6.07 Å². The number of likely N-dealkylation sites (tertiary alicyclic amines) is 1. The molecule has 0 aliphatic carbocycles. The minimum Gasteiger partial charge on any atom is -0.495 e. The molecule has 4 N–H and O–H groups in total. The van der Waals surface area contributed by atoms with Crippen molar-refractivity contribution >= 4 is 51.4 Å². The Bertz CT molecular complexity index is 2600. The second-order valence-corrected chi connectivity index (χ2v) is 18.6. The third-order valence-electron chi connectivity index (χ3n) is 14.5. The zero-order chi connectivity index (χ0) is 46.9. The van der Waals surface area contributed by atoms with E-state index >= 15 is 4.39 Å². The van der Waals surface area contributed by atoms with Gasteiger partial charge in [-0.15, -0.1) is 0 Å². The highest BCUT2D eigenvalue weighted by atomic mass is 19.1. The predicted octanol–water partition coefficient (Wildman–Crippen LogP) is 5.53. The number of anilines is 3. The summed E-state index contributed by atoms with van der Waals surface area (Å²) in [6.07, 6.45) is 12.0. The summed E-state index contributed by atoms with van der Waals surface area (Å²) >= 11 is 0. The molecule has 16 heteroatoms. The van der Waals surface area contributed by atoms with Crippen molar-refractivity contribution in [3.8, 4) is 5.75 Å². The van der Waals surface area contributed by atoms with E-state index < -0.39 is 12.3 Å². The van der Waals surface area contributed by atoms with Crippen molar-refractivity contribution in [3.63, 3.8) is 0 Å². The van der Waals surface area contributed by atoms with Gasteiger partial charge in [0.1, 0.15) is 23.3 Å². The average molecular weight is 915 g/mol. The molecule has 0 saturated carbocycles. The van der Waals surface area contributed by atoms with Gasteiger partial charge in [0, 0.05) is 138 Å². The lowest BCUT2D eigenvalue weighted by Crippen LogP contribution is -2.49. The van der Waals surface area contributed by atoms with Gasteiger partial charge in [0.2, 0.25) is 11.8 Å². The molecule has 5 aliphatic rings. The minimum atomic E-state index is -0.811. The summed E-state index contributed by atoms with van der Waals surface area (Å²) < 4.78 is 23.9. The van der Waals surface area contributed by atoms with Crippen molar-refractivity contribution in [3.05, 3.63) is 107 Å². The highest BCUT2D eigenvalue weighted by molar-refractivity contribution is 6.01. The fraction of sp³-hybridized carbons (Fsp3) is 0.451. The Hall–Kier alpha value is -6.23. The second kappa shape index (κ2) is 19.5. The van der Waals surface area contributed by atoms with Crippen LogP contribution in [-0.4, -0.2) is 132 Å². The summed E-state index contributed by atoms with van der Waals surface area (Å²) in [5, 5.41) is 20.6. The van der Waals surface area contributed by atoms with Gasteiger partial charge in [0.05, 0.1) is 18.5 Å². The Labute approximate surface area is 391 Å². The maximum atomic E-state index is 16.1. The number of aliphatic hydroxyl groups excluding tert-OH is 1. The van der Waals surface area contributed by atoms with E-state index in [0.29, 0.717) is 61.7 Å². The lowest BCUT2D eigenvalue weighted by molar-refractivity contribution is -0.133. The van der Waals surface area contributed by atoms with E-state index in [-0.39, 0.29) is 29.6 Å². The quantitative estimate of drug-likeness (QED) is 0.133. The van der Waals surface area contributed by atoms with E-state index in [9.17, 15) is 19.5 Å². The number of carbonyl (C=O) groups is 3. The van der Waals surface area contributed by atoms with Crippen LogP contribution in [0.2, 0.25) is 0 Å². The first-order valence-electron chi connectivity index (χ1n) is 23.7. The number of imide groups is 1. The standard InChI is InChI=1S/C51H63FN10O5/c1-32-26-36(27-40(52)48(32)35-13-19-59(20-14-35)33(2)44-30-39-43(10-16-54-49(39)57(44)4)62-21-15-37(53-3)28-47(62)64)51(66)61-17-11-34(12-18-61)31-58-22-24-60(25-23-58)38-6-7-41(45(29-38)67-5)55-42-8-9-46(63)56-50(42)65/h6-7,10,13,15-16,21,26-30,33-34,42,47,53,55,64H,8-9,11-12,14,17-20,22-25,31H2,1-5H3,(H,56,63,65)/t33?,42-,47?/m0/s1. The van der Waals surface area contributed by atoms with Gasteiger partial charge in [-0.05, 0) is 105 Å². The number of piperazine rings is 1. The van der Waals surface area contributed by atoms with E-state index in [0.717, 1.165) is 103 Å². The molecule has 67 heavy (non-hydrogen) atoms. The first-order valence-corrected chi connectivity index (χ1v) is 23.7. The van der Waals surface area contributed by atoms with Gasteiger partial charge < -0.3 is 39.7 Å². The van der Waals surface area contributed by atoms with Crippen LogP contribution in [0.3, 0.4) is 0 Å². The Balaban J connectivity index is 0.760. The van der Waals surface area contributed by atoms with Crippen LogP contribution in [0.25, 0.3) is 16.6 Å². The number of piperidine rings is 2. The molecule has 2 unspecified atom stereocenters. The molecule has 7 heterocycles. The number of amides is 3. The molecule has 2 aromatic heterocycles. The summed E-state index contributed by atoms with van der Waals surface area (Å²) in [7, 11) is 5.48. The van der Waals surface area contributed by atoms with Gasteiger partial charge in [-0.2, -0.15) is 0 Å². The number of carbonyl (C=O) groups excluding carboxylic acids is 3. The Morgan fingerprint density at radius 2 is 1.81 bits per heavy atom. The van der Waals surface area contributed by atoms with Crippen LogP contribution in [0, 0.1) is 18.7 Å². The van der Waals surface area contributed by atoms with E-state index in [2.05, 4.69) is 54.3 Å². The number of likely N-dealkylation sites (N-methyl/N-ethyl adjacent to an activating group) is 1. The third kappa shape index (κ3) is 9.52. The number of nitrogens with zero attached hydrogens (tertiary/aromatic N) is 7. The molecule has 3 fully saturated rings. The van der Waals surface area contributed by atoms with Crippen LogP contribution in [0.15, 0.2) is 78.8 Å². The number of allylic oxidation sites excluding steroid dienone is 1. The lowest BCUT2D eigenvalue weighted by Gasteiger charge is -2.39. The fourth-order valence-corrected chi connectivity index (χ4v) is 10.6. The Morgan fingerprint density at radius 3 is 2.49 bits per heavy atom. The summed E-state index contributed by atoms with van der Waals surface area (Å²) in [5.41, 5.74) is 8.21. The molecule has 3 atom stereocenters. The summed E-state index contributed by atoms with van der Waals surface area (Å²) in [4.78, 5) is 53.4. The SMILES string of the molecule is CNC1=CC(O)N(c2ccnc3c2cc(C(C)N2CC=C(c4c(C)cc(C(=O)N5CCC(CN6CCN(c7ccc(N[C@H]8CCC(=O)NC8=O)c(OC)c7)CC6)CC5)cc4F)CC2)n3C)C=C1. The van der Waals surface area contributed by atoms with Crippen LogP contribution >= 0.6 is 0 Å². The monoisotopic (exact) mass is 914 g/mol. The van der Waals surface area contributed by atoms with Crippen LogP contribution in [0.1, 0.15) is 72.2 Å². The number of pyridine rings is 1. The molecule has 3 amide bonds. The molecule has 4 aromatic rings. The van der Waals surface area contributed by atoms with Gasteiger partial charge in [0.15, 0.2) is 6.23 Å². The number of aromatic nitrogens is 2. The summed E-state index contributed by atoms with van der Waals surface area (Å²) in [6, 6.07) is 13.0. The molecule has 2 aromatic carbocycles. The zero-order valence-corrected chi connectivity index (χ0v) is 39.2. The molecule has 9 rings (SSSR count). The first kappa shape index (κ1) is 45.9. The number of hydrogen-bond acceptors (Lipinski definition) is 12. The maximum absolute atomic E-state index is 16.1. The topological polar surface area (TPSA) is 151 Å². The highest BCUT2D eigenvalue weighted by Gasteiger charge is 2.31. The summed E-state index contributed by atoms with van der Waals surface area (Å²) in [6.45, 7) is 11.4. The molecular formula is C51H63FN10O5. The van der Waals surface area contributed by atoms with Crippen molar-refractivity contribution in [2.45, 2.75) is 64.3 Å². The summed E-state index contributed by atoms with van der Waals surface area (Å²) in [5.74, 6) is 0.129. The van der Waals surface area contributed by atoms with Crippen molar-refractivity contribution < 1.29 is 28.6 Å². The van der Waals surface area contributed by atoms with E-state index in [4.69, 9.17) is 9.72 Å². The molecule has 3 saturated heterocycles. The Kier molecular flexibility index (Phi) is 13.4. The van der Waals surface area contributed by atoms with Gasteiger partial charge in [-0.3, -0.25) is 29.5 Å². The van der Waals surface area contributed by atoms with Crippen molar-refractivity contribution in [1.82, 2.24) is 34.9 Å². The Morgan fingerprint density at radius 1 is 1.01 bits per heavy atom. The van der Waals surface area contributed by atoms with Crippen molar-refractivity contribution in [2.75, 3.05) is 88.2 Å². The van der Waals surface area contributed by atoms with Gasteiger partial charge in [-0.1, -0.05) is 6.08 Å².